The van der Waals surface area contributed by atoms with Crippen LogP contribution in [0.3, 0.4) is 0 Å². The molecule has 2 heterocycles. The highest BCUT2D eigenvalue weighted by atomic mass is 32.1. The summed E-state index contributed by atoms with van der Waals surface area (Å²) in [6.45, 7) is -0.337. The van der Waals surface area contributed by atoms with Crippen molar-refractivity contribution in [3.05, 3.63) is 38.4 Å². The first-order valence-electron chi connectivity index (χ1n) is 7.68. The lowest BCUT2D eigenvalue weighted by atomic mass is 9.96. The van der Waals surface area contributed by atoms with E-state index in [1.807, 2.05) is 16.8 Å². The number of nitrogens with one attached hydrogen (secondary N) is 1. The molecule has 1 aliphatic rings. The predicted octanol–water partition coefficient (Wildman–Crippen LogP) is 3.28. The van der Waals surface area contributed by atoms with E-state index >= 15 is 0 Å². The maximum absolute atomic E-state index is 12.0. The Bertz CT molecular complexity index is 788. The highest BCUT2D eigenvalue weighted by molar-refractivity contribution is 7.16. The molecule has 124 valence electrons. The lowest BCUT2D eigenvalue weighted by molar-refractivity contribution is -0.146. The second-order valence-corrected chi connectivity index (χ2v) is 7.43. The van der Waals surface area contributed by atoms with Crippen molar-refractivity contribution in [1.82, 2.24) is 0 Å². The number of esters is 1. The van der Waals surface area contributed by atoms with Crippen LogP contribution in [0.1, 0.15) is 34.4 Å². The number of fused-ring (bicyclic) bond motifs is 1. The summed E-state index contributed by atoms with van der Waals surface area (Å²) in [5, 5.41) is 16.4. The van der Waals surface area contributed by atoms with Gasteiger partial charge < -0.3 is 10.1 Å². The number of thiophene rings is 2. The van der Waals surface area contributed by atoms with Crippen LogP contribution in [0.5, 0.6) is 0 Å². The smallest absolute Gasteiger partial charge is 0.310 e. The molecule has 0 fully saturated rings. The second kappa shape index (κ2) is 7.60. The molecule has 0 radical (unpaired) electrons. The van der Waals surface area contributed by atoms with Crippen molar-refractivity contribution in [3.63, 3.8) is 0 Å². The van der Waals surface area contributed by atoms with E-state index in [0.717, 1.165) is 36.8 Å². The summed E-state index contributed by atoms with van der Waals surface area (Å²) in [7, 11) is 0. The Morgan fingerprint density at radius 1 is 1.33 bits per heavy atom. The lowest BCUT2D eigenvalue weighted by Gasteiger charge is -2.09. The molecule has 0 bridgehead atoms. The van der Waals surface area contributed by atoms with Gasteiger partial charge in [0.1, 0.15) is 11.1 Å². The molecule has 1 aliphatic carbocycles. The summed E-state index contributed by atoms with van der Waals surface area (Å²) in [6, 6.07) is 4.04. The largest absolute Gasteiger partial charge is 0.455 e. The first-order chi connectivity index (χ1) is 11.7. The fourth-order valence-electron chi connectivity index (χ4n) is 2.69. The third-order valence-corrected chi connectivity index (χ3v) is 5.77. The van der Waals surface area contributed by atoms with Gasteiger partial charge in [0.05, 0.1) is 12.0 Å². The maximum Gasteiger partial charge on any atom is 0.310 e. The zero-order valence-electron chi connectivity index (χ0n) is 13.0. The summed E-state index contributed by atoms with van der Waals surface area (Å²) in [4.78, 5) is 24.9. The fraction of sp³-hybridized carbons (Fsp3) is 0.353. The minimum absolute atomic E-state index is 0.160. The summed E-state index contributed by atoms with van der Waals surface area (Å²) in [5.41, 5.74) is 2.51. The Kier molecular flexibility index (Phi) is 5.28. The number of rotatable bonds is 5. The van der Waals surface area contributed by atoms with Gasteiger partial charge in [-0.05, 0) is 53.6 Å². The first kappa shape index (κ1) is 16.7. The number of hydrogen-bond acceptors (Lipinski definition) is 6. The van der Waals surface area contributed by atoms with Gasteiger partial charge in [-0.3, -0.25) is 9.59 Å². The molecule has 5 nitrogen and oxygen atoms in total. The van der Waals surface area contributed by atoms with Crippen LogP contribution in [0.4, 0.5) is 5.00 Å². The van der Waals surface area contributed by atoms with Crippen molar-refractivity contribution in [2.24, 2.45) is 0 Å². The zero-order chi connectivity index (χ0) is 16.9. The normalized spacial score (nSPS) is 13.0. The Hall–Kier alpha value is -2.17. The third kappa shape index (κ3) is 3.83. The van der Waals surface area contributed by atoms with Crippen LogP contribution in [0.2, 0.25) is 0 Å². The van der Waals surface area contributed by atoms with Crippen LogP contribution in [0, 0.1) is 11.3 Å². The average molecular weight is 360 g/mol. The number of nitrogens with zero attached hydrogens (tertiary/aromatic N) is 1. The van der Waals surface area contributed by atoms with Crippen molar-refractivity contribution in [3.8, 4) is 6.07 Å². The predicted molar refractivity (Wildman–Crippen MR) is 93.3 cm³/mol. The fourth-order valence-corrected chi connectivity index (χ4v) is 4.62. The molecule has 0 aromatic carbocycles. The molecule has 0 saturated carbocycles. The summed E-state index contributed by atoms with van der Waals surface area (Å²) >= 11 is 2.97. The number of hydrogen-bond donors (Lipinski definition) is 1. The molecular formula is C17H16N2O3S2. The molecule has 7 heteroatoms. The molecule has 0 atom stereocenters. The van der Waals surface area contributed by atoms with Crippen molar-refractivity contribution >= 4 is 39.6 Å². The highest BCUT2D eigenvalue weighted by Crippen LogP contribution is 2.37. The third-order valence-electron chi connectivity index (χ3n) is 3.83. The van der Waals surface area contributed by atoms with Crippen LogP contribution >= 0.6 is 22.7 Å². The number of anilines is 1. The van der Waals surface area contributed by atoms with Crippen molar-refractivity contribution < 1.29 is 14.3 Å². The molecular weight excluding hydrogens is 344 g/mol. The lowest BCUT2D eigenvalue weighted by Crippen LogP contribution is -2.21. The number of ether oxygens (including phenoxy) is 1. The number of carbonyl (C=O) groups is 2. The number of carbonyl (C=O) groups excluding carboxylic acids is 2. The molecule has 0 saturated heterocycles. The van der Waals surface area contributed by atoms with Gasteiger partial charge >= 0.3 is 5.97 Å². The van der Waals surface area contributed by atoms with Crippen molar-refractivity contribution in [2.75, 3.05) is 11.9 Å². The van der Waals surface area contributed by atoms with Crippen LogP contribution in [-0.4, -0.2) is 18.5 Å². The van der Waals surface area contributed by atoms with Crippen LogP contribution < -0.4 is 5.32 Å². The van der Waals surface area contributed by atoms with Crippen molar-refractivity contribution in [1.29, 1.82) is 5.26 Å². The van der Waals surface area contributed by atoms with E-state index in [9.17, 15) is 14.9 Å². The zero-order valence-corrected chi connectivity index (χ0v) is 14.6. The molecule has 1 N–H and O–H groups in total. The Balaban J connectivity index is 1.56. The molecule has 24 heavy (non-hydrogen) atoms. The molecule has 0 unspecified atom stereocenters. The quantitative estimate of drug-likeness (QED) is 0.830. The Labute approximate surface area is 147 Å². The van der Waals surface area contributed by atoms with Gasteiger partial charge in [0, 0.05) is 4.88 Å². The van der Waals surface area contributed by atoms with Crippen LogP contribution in [0.15, 0.2) is 16.8 Å². The first-order valence-corrected chi connectivity index (χ1v) is 9.44. The Morgan fingerprint density at radius 2 is 2.17 bits per heavy atom. The topological polar surface area (TPSA) is 79.2 Å². The molecule has 2 aromatic rings. The SMILES string of the molecule is N#Cc1c(NC(=O)COC(=O)Cc2ccsc2)sc2c1CCCC2. The van der Waals surface area contributed by atoms with E-state index in [1.54, 1.807) is 0 Å². The van der Waals surface area contributed by atoms with E-state index in [-0.39, 0.29) is 13.0 Å². The van der Waals surface area contributed by atoms with Gasteiger partial charge in [0.15, 0.2) is 6.61 Å². The van der Waals surface area contributed by atoms with Gasteiger partial charge in [-0.15, -0.1) is 11.3 Å². The molecule has 1 amide bonds. The molecule has 2 aromatic heterocycles. The van der Waals surface area contributed by atoms with E-state index in [2.05, 4.69) is 11.4 Å². The molecule has 3 rings (SSSR count). The summed E-state index contributed by atoms with van der Waals surface area (Å²) in [6.07, 6.45) is 4.20. The van der Waals surface area contributed by atoms with Crippen LogP contribution in [0.25, 0.3) is 0 Å². The maximum atomic E-state index is 12.0. The van der Waals surface area contributed by atoms with E-state index < -0.39 is 11.9 Å². The minimum Gasteiger partial charge on any atom is -0.455 e. The average Bonchev–Trinajstić information content (AvgIpc) is 3.19. The van der Waals surface area contributed by atoms with Crippen LogP contribution in [-0.2, 0) is 33.6 Å². The molecule has 0 aliphatic heterocycles. The van der Waals surface area contributed by atoms with E-state index in [0.29, 0.717) is 10.6 Å². The second-order valence-electron chi connectivity index (χ2n) is 5.54. The number of aryl methyl sites for hydroxylation is 1. The van der Waals surface area contributed by atoms with Gasteiger partial charge in [0.25, 0.3) is 5.91 Å². The van der Waals surface area contributed by atoms with Gasteiger partial charge in [0.2, 0.25) is 0 Å². The van der Waals surface area contributed by atoms with Gasteiger partial charge in [-0.1, -0.05) is 0 Å². The summed E-state index contributed by atoms with van der Waals surface area (Å²) < 4.78 is 5.00. The standard InChI is InChI=1S/C17H16N2O3S2/c18-8-13-12-3-1-2-4-14(12)24-17(13)19-15(20)9-22-16(21)7-11-5-6-23-10-11/h5-6,10H,1-4,7,9H2,(H,19,20). The number of amides is 1. The number of nitriles is 1. The minimum atomic E-state index is -0.436. The van der Waals surface area contributed by atoms with Gasteiger partial charge in [-0.25, -0.2) is 0 Å². The van der Waals surface area contributed by atoms with Crippen molar-refractivity contribution in [2.45, 2.75) is 32.1 Å². The highest BCUT2D eigenvalue weighted by Gasteiger charge is 2.22. The van der Waals surface area contributed by atoms with E-state index in [4.69, 9.17) is 4.74 Å². The Morgan fingerprint density at radius 3 is 2.92 bits per heavy atom. The van der Waals surface area contributed by atoms with E-state index in [1.165, 1.54) is 27.6 Å². The summed E-state index contributed by atoms with van der Waals surface area (Å²) in [5.74, 6) is -0.849. The monoisotopic (exact) mass is 360 g/mol. The molecule has 0 spiro atoms. The van der Waals surface area contributed by atoms with Gasteiger partial charge in [-0.2, -0.15) is 16.6 Å².